The quantitative estimate of drug-likeness (QED) is 0.583. The number of rotatable bonds is 2. The van der Waals surface area contributed by atoms with Crippen molar-refractivity contribution in [3.05, 3.63) is 56.6 Å². The molecule has 0 heterocycles. The molecule has 0 amide bonds. The fourth-order valence-corrected chi connectivity index (χ4v) is 2.81. The molecule has 128 valence electrons. The first kappa shape index (κ1) is 28.0. The molecule has 0 N–H and O–H groups in total. The van der Waals surface area contributed by atoms with Gasteiger partial charge in [-0.15, -0.1) is 0 Å². The van der Waals surface area contributed by atoms with E-state index >= 15 is 0 Å². The van der Waals surface area contributed by atoms with Crippen LogP contribution in [0.25, 0.3) is 0 Å². The molecule has 0 spiro atoms. The zero-order chi connectivity index (χ0) is 15.4. The number of hydrogen-bond acceptors (Lipinski definition) is 0. The normalized spacial score (nSPS) is 9.04. The molecule has 0 aliphatic rings. The molecule has 0 nitrogen and oxygen atoms in total. The van der Waals surface area contributed by atoms with E-state index in [1.807, 2.05) is 0 Å². The number of aryl methyl sites for hydroxylation is 3. The van der Waals surface area contributed by atoms with Crippen LogP contribution in [0.2, 0.25) is 0 Å². The monoisotopic (exact) mass is 430 g/mol. The topological polar surface area (TPSA) is 0 Å². The van der Waals surface area contributed by atoms with Gasteiger partial charge in [-0.3, -0.25) is 0 Å². The molecule has 0 saturated carbocycles. The van der Waals surface area contributed by atoms with Gasteiger partial charge in [0.15, 0.2) is 0 Å². The van der Waals surface area contributed by atoms with Gasteiger partial charge in [0.1, 0.15) is 0 Å². The van der Waals surface area contributed by atoms with Crippen molar-refractivity contribution in [3.63, 3.8) is 0 Å². The van der Waals surface area contributed by atoms with Crippen molar-refractivity contribution in [2.24, 2.45) is 0 Å². The Kier molecular flexibility index (Phi) is 15.2. The molecule has 0 fully saturated rings. The van der Waals surface area contributed by atoms with Crippen molar-refractivity contribution in [3.8, 4) is 0 Å². The van der Waals surface area contributed by atoms with E-state index in [2.05, 4.69) is 67.5 Å². The van der Waals surface area contributed by atoms with Crippen LogP contribution in [0.1, 0.15) is 57.9 Å². The van der Waals surface area contributed by atoms with Gasteiger partial charge < -0.3 is 24.8 Å². The molecular formula is C20H30Cl2Zr. The molecule has 0 saturated heterocycles. The number of hydrogen-bond donors (Lipinski definition) is 0. The van der Waals surface area contributed by atoms with Crippen LogP contribution in [0.5, 0.6) is 0 Å². The molecule has 0 unspecified atom stereocenters. The smallest absolute Gasteiger partial charge is 1.00 e. The van der Waals surface area contributed by atoms with Crippen LogP contribution in [-0.2, 0) is 32.6 Å². The second kappa shape index (κ2) is 12.5. The third kappa shape index (κ3) is 7.29. The van der Waals surface area contributed by atoms with E-state index < -0.39 is 0 Å². The number of halogens is 2. The van der Waals surface area contributed by atoms with Crippen molar-refractivity contribution in [1.29, 1.82) is 0 Å². The minimum Gasteiger partial charge on any atom is -1.00 e. The average molecular weight is 433 g/mol. The van der Waals surface area contributed by atoms with Gasteiger partial charge in [-0.1, -0.05) is 68.2 Å². The molecule has 2 rings (SSSR count). The summed E-state index contributed by atoms with van der Waals surface area (Å²) in [6.07, 6.45) is 2.49. The minimum atomic E-state index is 0. The molecular weight excluding hydrogens is 402 g/mol. The summed E-state index contributed by atoms with van der Waals surface area (Å²) in [5.74, 6) is 0. The predicted octanol–water partition coefficient (Wildman–Crippen LogP) is -0.0721. The SMILES string of the molecule is CCCc1cc(C)c[c-]1C.Cc1c(C)c(C)[c-](C)c1C.[Cl-].[Cl-].[Zr+4]. The van der Waals surface area contributed by atoms with Crippen LogP contribution in [0.15, 0.2) is 12.1 Å². The molecule has 0 aliphatic heterocycles. The zero-order valence-corrected chi connectivity index (χ0v) is 19.8. The second-order valence-corrected chi connectivity index (χ2v) is 6.12. The van der Waals surface area contributed by atoms with Gasteiger partial charge in [0.25, 0.3) is 0 Å². The summed E-state index contributed by atoms with van der Waals surface area (Å²) in [4.78, 5) is 0. The van der Waals surface area contributed by atoms with Gasteiger partial charge in [0.05, 0.1) is 0 Å². The summed E-state index contributed by atoms with van der Waals surface area (Å²) in [6.45, 7) is 17.6. The largest absolute Gasteiger partial charge is 4.00 e. The Labute approximate surface area is 175 Å². The Morgan fingerprint density at radius 2 is 1.30 bits per heavy atom. The van der Waals surface area contributed by atoms with Crippen molar-refractivity contribution >= 4 is 0 Å². The predicted molar refractivity (Wildman–Crippen MR) is 91.2 cm³/mol. The van der Waals surface area contributed by atoms with Gasteiger partial charge in [-0.25, -0.2) is 11.6 Å². The standard InChI is InChI=1S/2C10H15.2ClH.Zr/c1-6-7(2)9(4)10(5)8(6)3;1-4-5-10-7-8(2)6-9(10)3;;;/h1-5H3;6-7H,4-5H2,1-3H3;2*1H;/q2*-1;;;+4/p-2. The summed E-state index contributed by atoms with van der Waals surface area (Å²) in [5.41, 5.74) is 11.7. The maximum absolute atomic E-state index is 2.29. The molecule has 0 bridgehead atoms. The molecule has 23 heavy (non-hydrogen) atoms. The summed E-state index contributed by atoms with van der Waals surface area (Å²) in [7, 11) is 0. The van der Waals surface area contributed by atoms with Crippen LogP contribution in [-0.4, -0.2) is 0 Å². The fraction of sp³-hybridized carbons (Fsp3) is 0.500. The van der Waals surface area contributed by atoms with Gasteiger partial charge >= 0.3 is 26.2 Å². The second-order valence-electron chi connectivity index (χ2n) is 6.12. The summed E-state index contributed by atoms with van der Waals surface area (Å²) < 4.78 is 0. The van der Waals surface area contributed by atoms with Crippen molar-refractivity contribution in [1.82, 2.24) is 0 Å². The third-order valence-corrected chi connectivity index (χ3v) is 4.68. The Balaban J connectivity index is -0.000000308. The zero-order valence-electron chi connectivity index (χ0n) is 15.8. The molecule has 3 heteroatoms. The van der Waals surface area contributed by atoms with Gasteiger partial charge in [0, 0.05) is 0 Å². The maximum atomic E-state index is 2.29. The average Bonchev–Trinajstić information content (AvgIpc) is 2.80. The molecule has 2 aromatic carbocycles. The first-order valence-electron chi connectivity index (χ1n) is 7.72. The molecule has 0 radical (unpaired) electrons. The van der Waals surface area contributed by atoms with Crippen LogP contribution >= 0.6 is 0 Å². The van der Waals surface area contributed by atoms with Gasteiger partial charge in [0.2, 0.25) is 0 Å². The first-order valence-corrected chi connectivity index (χ1v) is 7.72. The van der Waals surface area contributed by atoms with E-state index in [1.165, 1.54) is 57.3 Å². The van der Waals surface area contributed by atoms with Gasteiger partial charge in [-0.05, 0) is 0 Å². The van der Waals surface area contributed by atoms with Crippen LogP contribution in [0.4, 0.5) is 0 Å². The fourth-order valence-electron chi connectivity index (χ4n) is 2.81. The summed E-state index contributed by atoms with van der Waals surface area (Å²) in [5, 5.41) is 0. The van der Waals surface area contributed by atoms with E-state index in [0.29, 0.717) is 0 Å². The van der Waals surface area contributed by atoms with E-state index in [4.69, 9.17) is 0 Å². The first-order chi connectivity index (χ1) is 9.29. The Morgan fingerprint density at radius 3 is 1.52 bits per heavy atom. The van der Waals surface area contributed by atoms with Gasteiger partial charge in [-0.2, -0.15) is 45.0 Å². The Bertz CT molecular complexity index is 497. The van der Waals surface area contributed by atoms with Crippen molar-refractivity contribution in [2.75, 3.05) is 0 Å². The maximum Gasteiger partial charge on any atom is 4.00 e. The van der Waals surface area contributed by atoms with Crippen LogP contribution in [0.3, 0.4) is 0 Å². The van der Waals surface area contributed by atoms with Crippen LogP contribution in [0, 0.1) is 48.5 Å². The molecule has 2 aromatic rings. The van der Waals surface area contributed by atoms with E-state index in [0.717, 1.165) is 0 Å². The van der Waals surface area contributed by atoms with Crippen LogP contribution < -0.4 is 24.8 Å². The summed E-state index contributed by atoms with van der Waals surface area (Å²) >= 11 is 0. The van der Waals surface area contributed by atoms with E-state index in [9.17, 15) is 0 Å². The third-order valence-electron chi connectivity index (χ3n) is 4.68. The van der Waals surface area contributed by atoms with Crippen molar-refractivity contribution < 1.29 is 51.0 Å². The molecule has 0 aromatic heterocycles. The van der Waals surface area contributed by atoms with E-state index in [1.54, 1.807) is 0 Å². The van der Waals surface area contributed by atoms with Crippen molar-refractivity contribution in [2.45, 2.75) is 68.2 Å². The Morgan fingerprint density at radius 1 is 0.870 bits per heavy atom. The minimum absolute atomic E-state index is 0. The summed E-state index contributed by atoms with van der Waals surface area (Å²) in [6, 6.07) is 4.55. The Hall–Kier alpha value is 0.163. The van der Waals surface area contributed by atoms with E-state index in [-0.39, 0.29) is 51.0 Å². The molecule has 0 aliphatic carbocycles. The molecule has 0 atom stereocenters.